The van der Waals surface area contributed by atoms with Crippen molar-refractivity contribution in [2.24, 2.45) is 0 Å². The van der Waals surface area contributed by atoms with Crippen LogP contribution < -0.4 is 5.48 Å². The Morgan fingerprint density at radius 2 is 2.21 bits per heavy atom. The summed E-state index contributed by atoms with van der Waals surface area (Å²) in [5.74, 6) is 0.209. The largest absolute Gasteiger partial charge is 0.306 e. The van der Waals surface area contributed by atoms with Gasteiger partial charge in [-0.25, -0.2) is 5.48 Å². The first-order chi connectivity index (χ1) is 9.33. The number of hydrogen-bond donors (Lipinski definition) is 1. The van der Waals surface area contributed by atoms with Gasteiger partial charge in [-0.3, -0.25) is 9.63 Å². The number of carbonyl (C=O) groups excluding carboxylic acids is 1. The first-order valence-electron chi connectivity index (χ1n) is 6.80. The van der Waals surface area contributed by atoms with Gasteiger partial charge in [0.2, 0.25) is 0 Å². The van der Waals surface area contributed by atoms with Crippen LogP contribution in [0.15, 0.2) is 11.5 Å². The Morgan fingerprint density at radius 3 is 2.95 bits per heavy atom. The Kier molecular flexibility index (Phi) is 4.03. The lowest BCUT2D eigenvalue weighted by molar-refractivity contribution is -0.135. The molecule has 2 aliphatic carbocycles. The summed E-state index contributed by atoms with van der Waals surface area (Å²) in [7, 11) is 0. The summed E-state index contributed by atoms with van der Waals surface area (Å²) < 4.78 is 2.05. The van der Waals surface area contributed by atoms with E-state index in [1.165, 1.54) is 37.4 Å². The van der Waals surface area contributed by atoms with Crippen molar-refractivity contribution in [3.63, 3.8) is 0 Å². The van der Waals surface area contributed by atoms with E-state index in [-0.39, 0.29) is 12.0 Å². The van der Waals surface area contributed by atoms with Crippen LogP contribution in [0.3, 0.4) is 0 Å². The molecule has 2 saturated carbocycles. The minimum absolute atomic E-state index is 0.109. The predicted molar refractivity (Wildman–Crippen MR) is 70.5 cm³/mol. The van der Waals surface area contributed by atoms with Gasteiger partial charge in [-0.15, -0.1) is 10.2 Å². The van der Waals surface area contributed by atoms with Crippen LogP contribution in [-0.4, -0.2) is 32.5 Å². The van der Waals surface area contributed by atoms with E-state index in [0.717, 1.165) is 18.0 Å². The summed E-state index contributed by atoms with van der Waals surface area (Å²) in [4.78, 5) is 17.0. The van der Waals surface area contributed by atoms with Gasteiger partial charge in [0.25, 0.3) is 5.91 Å². The highest BCUT2D eigenvalue weighted by atomic mass is 32.2. The molecule has 2 aliphatic rings. The highest BCUT2D eigenvalue weighted by Gasteiger charge is 2.26. The molecule has 0 atom stereocenters. The van der Waals surface area contributed by atoms with Gasteiger partial charge in [0.15, 0.2) is 5.16 Å². The molecule has 0 unspecified atom stereocenters. The lowest BCUT2D eigenvalue weighted by atomic mass is 10.3. The van der Waals surface area contributed by atoms with E-state index in [1.54, 1.807) is 6.33 Å². The first-order valence-corrected chi connectivity index (χ1v) is 7.78. The monoisotopic (exact) mass is 282 g/mol. The van der Waals surface area contributed by atoms with Gasteiger partial charge in [0.05, 0.1) is 11.9 Å². The molecule has 0 saturated heterocycles. The average Bonchev–Trinajstić information content (AvgIpc) is 2.94. The predicted octanol–water partition coefficient (Wildman–Crippen LogP) is 1.70. The number of carbonyl (C=O) groups is 1. The Bertz CT molecular complexity index is 441. The minimum atomic E-state index is -0.109. The Balaban J connectivity index is 1.40. The van der Waals surface area contributed by atoms with Crippen LogP contribution in [0.5, 0.6) is 0 Å². The molecule has 0 aliphatic heterocycles. The van der Waals surface area contributed by atoms with Crippen molar-refractivity contribution < 1.29 is 9.63 Å². The van der Waals surface area contributed by atoms with E-state index in [1.807, 2.05) is 0 Å². The number of hydrogen-bond acceptors (Lipinski definition) is 5. The van der Waals surface area contributed by atoms with Gasteiger partial charge in [-0.2, -0.15) is 0 Å². The maximum Gasteiger partial charge on any atom is 0.254 e. The van der Waals surface area contributed by atoms with Crippen LogP contribution in [-0.2, 0) is 9.63 Å². The molecule has 1 N–H and O–H groups in total. The fraction of sp³-hybridized carbons (Fsp3) is 0.750. The van der Waals surface area contributed by atoms with Gasteiger partial charge in [0.1, 0.15) is 6.33 Å². The van der Waals surface area contributed by atoms with Crippen molar-refractivity contribution in [1.29, 1.82) is 0 Å². The van der Waals surface area contributed by atoms with E-state index in [9.17, 15) is 4.79 Å². The fourth-order valence-corrected chi connectivity index (χ4v) is 3.02. The van der Waals surface area contributed by atoms with Crippen molar-refractivity contribution >= 4 is 17.7 Å². The number of amides is 1. The molecule has 0 bridgehead atoms. The zero-order chi connectivity index (χ0) is 13.1. The molecular weight excluding hydrogens is 264 g/mol. The molecule has 0 radical (unpaired) electrons. The molecule has 19 heavy (non-hydrogen) atoms. The molecule has 2 fully saturated rings. The molecule has 104 valence electrons. The topological polar surface area (TPSA) is 69.0 Å². The third-order valence-electron chi connectivity index (χ3n) is 3.45. The third kappa shape index (κ3) is 3.48. The second kappa shape index (κ2) is 5.92. The summed E-state index contributed by atoms with van der Waals surface area (Å²) in [6.07, 6.45) is 8.79. The number of hydroxylamine groups is 1. The number of aromatic nitrogens is 3. The maximum absolute atomic E-state index is 11.7. The van der Waals surface area contributed by atoms with Crippen LogP contribution in [0, 0.1) is 0 Å². The number of nitrogens with one attached hydrogen (secondary N) is 1. The molecule has 0 spiro atoms. The van der Waals surface area contributed by atoms with Gasteiger partial charge in [-0.05, 0) is 25.7 Å². The zero-order valence-electron chi connectivity index (χ0n) is 10.7. The van der Waals surface area contributed by atoms with E-state index in [2.05, 4.69) is 20.2 Å². The van der Waals surface area contributed by atoms with E-state index in [0.29, 0.717) is 11.8 Å². The standard InChI is InChI=1S/C12H18N4O2S/c17-11(15-18-10-3-1-2-4-10)7-19-12-14-13-8-16(12)9-5-6-9/h8-10H,1-7H2,(H,15,17). The quantitative estimate of drug-likeness (QED) is 0.635. The number of rotatable bonds is 6. The highest BCUT2D eigenvalue weighted by molar-refractivity contribution is 7.99. The average molecular weight is 282 g/mol. The maximum atomic E-state index is 11.7. The van der Waals surface area contributed by atoms with E-state index < -0.39 is 0 Å². The van der Waals surface area contributed by atoms with E-state index in [4.69, 9.17) is 4.84 Å². The van der Waals surface area contributed by atoms with Crippen LogP contribution in [0.1, 0.15) is 44.6 Å². The molecule has 1 amide bonds. The molecular formula is C12H18N4O2S. The molecule has 7 heteroatoms. The number of nitrogens with zero attached hydrogens (tertiary/aromatic N) is 3. The SMILES string of the molecule is O=C(CSc1nncn1C1CC1)NOC1CCCC1. The minimum Gasteiger partial charge on any atom is -0.306 e. The number of thioether (sulfide) groups is 1. The molecule has 1 aromatic heterocycles. The van der Waals surface area contributed by atoms with Crippen molar-refractivity contribution in [3.05, 3.63) is 6.33 Å². The van der Waals surface area contributed by atoms with E-state index >= 15 is 0 Å². The van der Waals surface area contributed by atoms with Crippen LogP contribution >= 0.6 is 11.8 Å². The summed E-state index contributed by atoms with van der Waals surface area (Å²) in [6.45, 7) is 0. The molecule has 1 heterocycles. The van der Waals surface area contributed by atoms with Crippen molar-refractivity contribution in [3.8, 4) is 0 Å². The van der Waals surface area contributed by atoms with Gasteiger partial charge < -0.3 is 4.57 Å². The van der Waals surface area contributed by atoms with Crippen molar-refractivity contribution in [2.45, 2.75) is 55.8 Å². The van der Waals surface area contributed by atoms with Crippen molar-refractivity contribution in [2.75, 3.05) is 5.75 Å². The lowest BCUT2D eigenvalue weighted by Gasteiger charge is -2.11. The summed E-state index contributed by atoms with van der Waals surface area (Å²) in [5.41, 5.74) is 2.53. The summed E-state index contributed by atoms with van der Waals surface area (Å²) >= 11 is 1.41. The Hall–Kier alpha value is -1.08. The van der Waals surface area contributed by atoms with Crippen molar-refractivity contribution in [1.82, 2.24) is 20.2 Å². The Morgan fingerprint density at radius 1 is 1.42 bits per heavy atom. The first kappa shape index (κ1) is 12.9. The molecule has 0 aromatic carbocycles. The third-order valence-corrected chi connectivity index (χ3v) is 4.41. The molecule has 1 aromatic rings. The van der Waals surface area contributed by atoms with Crippen LogP contribution in [0.4, 0.5) is 0 Å². The summed E-state index contributed by atoms with van der Waals surface area (Å²) in [6, 6.07) is 0.537. The van der Waals surface area contributed by atoms with Crippen LogP contribution in [0.2, 0.25) is 0 Å². The Labute approximate surface area is 116 Å². The second-order valence-electron chi connectivity index (χ2n) is 5.09. The lowest BCUT2D eigenvalue weighted by Crippen LogP contribution is -2.29. The highest BCUT2D eigenvalue weighted by Crippen LogP contribution is 2.37. The van der Waals surface area contributed by atoms with Gasteiger partial charge in [-0.1, -0.05) is 24.6 Å². The van der Waals surface area contributed by atoms with Gasteiger partial charge in [0, 0.05) is 6.04 Å². The smallest absolute Gasteiger partial charge is 0.254 e. The normalized spacial score (nSPS) is 19.8. The van der Waals surface area contributed by atoms with Gasteiger partial charge >= 0.3 is 0 Å². The second-order valence-corrected chi connectivity index (χ2v) is 6.03. The molecule has 6 nitrogen and oxygen atoms in total. The van der Waals surface area contributed by atoms with Crippen LogP contribution in [0.25, 0.3) is 0 Å². The zero-order valence-corrected chi connectivity index (χ0v) is 11.6. The fourth-order valence-electron chi connectivity index (χ4n) is 2.25. The summed E-state index contributed by atoms with van der Waals surface area (Å²) in [5, 5.41) is 8.76. The molecule has 3 rings (SSSR count).